The number of para-hydroxylation sites is 3. The Hall–Kier alpha value is -9.76. The molecule has 1 aromatic heterocycles. The lowest BCUT2D eigenvalue weighted by molar-refractivity contribution is 0.748. The lowest BCUT2D eigenvalue weighted by atomic mass is 9.65. The minimum atomic E-state index is -0.575. The average molecular weight is 963 g/mol. The second-order valence-corrected chi connectivity index (χ2v) is 21.0. The van der Waals surface area contributed by atoms with Gasteiger partial charge in [-0.15, -0.1) is 0 Å². The van der Waals surface area contributed by atoms with Crippen molar-refractivity contribution >= 4 is 38.9 Å². The van der Waals surface area contributed by atoms with Crippen LogP contribution in [0.2, 0.25) is 0 Å². The summed E-state index contributed by atoms with van der Waals surface area (Å²) in [6.07, 6.45) is 0. The van der Waals surface area contributed by atoms with E-state index in [2.05, 4.69) is 289 Å². The summed E-state index contributed by atoms with van der Waals surface area (Å²) >= 11 is 0. The molecule has 0 fully saturated rings. The first-order chi connectivity index (χ1) is 37.7. The molecule has 2 heteroatoms. The molecule has 352 valence electrons. The summed E-state index contributed by atoms with van der Waals surface area (Å²) in [5.41, 5.74) is 29.3. The molecule has 1 unspecified atom stereocenters. The van der Waals surface area contributed by atoms with Crippen LogP contribution in [-0.2, 0) is 10.8 Å². The summed E-state index contributed by atoms with van der Waals surface area (Å²) in [5.74, 6) is 0. The maximum atomic E-state index is 2.53. The Balaban J connectivity index is 0.862. The Morgan fingerprint density at radius 1 is 0.250 bits per heavy atom. The van der Waals surface area contributed by atoms with Crippen molar-refractivity contribution in [3.05, 3.63) is 324 Å². The van der Waals surface area contributed by atoms with Crippen molar-refractivity contribution in [3.63, 3.8) is 0 Å². The third-order valence-electron chi connectivity index (χ3n) is 17.6. The molecule has 1 aliphatic heterocycles. The van der Waals surface area contributed by atoms with Crippen molar-refractivity contribution in [1.29, 1.82) is 0 Å². The number of fused-ring (bicyclic) bond motifs is 22. The molecule has 2 spiro atoms. The van der Waals surface area contributed by atoms with Crippen molar-refractivity contribution in [1.82, 2.24) is 4.57 Å². The Labute approximate surface area is 441 Å². The summed E-state index contributed by atoms with van der Waals surface area (Å²) in [5, 5.41) is 2.56. The predicted octanol–water partition coefficient (Wildman–Crippen LogP) is 18.6. The third kappa shape index (κ3) is 5.30. The minimum absolute atomic E-state index is 0.402. The van der Waals surface area contributed by atoms with Crippen molar-refractivity contribution < 1.29 is 0 Å². The average Bonchev–Trinajstić information content (AvgIpc) is 4.23. The predicted molar refractivity (Wildman–Crippen MR) is 313 cm³/mol. The number of anilines is 3. The normalized spacial score (nSPS) is 15.3. The van der Waals surface area contributed by atoms with Crippen molar-refractivity contribution in [3.8, 4) is 61.3 Å². The fourth-order valence-corrected chi connectivity index (χ4v) is 14.7. The summed E-state index contributed by atoms with van der Waals surface area (Å²) in [7, 11) is 0. The number of benzene rings is 12. The molecule has 1 atom stereocenters. The lowest BCUT2D eigenvalue weighted by Gasteiger charge is -2.40. The van der Waals surface area contributed by atoms with Crippen LogP contribution in [-0.4, -0.2) is 4.57 Å². The van der Waals surface area contributed by atoms with Crippen LogP contribution in [0.4, 0.5) is 17.1 Å². The standard InChI is InChI=1S/C74H46N2/c1-2-18-47(19-3-1)49-20-16-21-52(44-49)75(51-39-36-48(37-40-51)50-38-42-58-56-24-6-11-30-64(56)73(68(58)45-50)62-28-9-4-22-54(62)55-23-5-10-29-63(55)73)53-41-43-59-57-25-7-12-31-65(57)74(69(59)46-53)66-32-13-15-35-71(66)76-70-34-14-8-26-60(70)61-27-17-33-67(74)72(61)76/h1-46H. The largest absolute Gasteiger partial charge is 0.310 e. The van der Waals surface area contributed by atoms with E-state index in [4.69, 9.17) is 0 Å². The van der Waals surface area contributed by atoms with Crippen molar-refractivity contribution in [2.24, 2.45) is 0 Å². The highest BCUT2D eigenvalue weighted by atomic mass is 15.1. The molecule has 3 aliphatic carbocycles. The van der Waals surface area contributed by atoms with E-state index < -0.39 is 10.8 Å². The van der Waals surface area contributed by atoms with E-state index >= 15 is 0 Å². The van der Waals surface area contributed by atoms with E-state index in [1.54, 1.807) is 0 Å². The first-order valence-electron chi connectivity index (χ1n) is 26.6. The van der Waals surface area contributed by atoms with Gasteiger partial charge in [0.2, 0.25) is 0 Å². The summed E-state index contributed by atoms with van der Waals surface area (Å²) in [4.78, 5) is 2.47. The second-order valence-electron chi connectivity index (χ2n) is 21.0. The van der Waals surface area contributed by atoms with Crippen LogP contribution in [0.25, 0.3) is 83.1 Å². The number of nitrogens with zero attached hydrogens (tertiary/aromatic N) is 2. The Bertz CT molecular complexity index is 4530. The molecule has 2 nitrogen and oxygen atoms in total. The molecule has 0 saturated heterocycles. The second kappa shape index (κ2) is 15.4. The van der Waals surface area contributed by atoms with E-state index in [-0.39, 0.29) is 0 Å². The van der Waals surface area contributed by atoms with Gasteiger partial charge in [-0.25, -0.2) is 0 Å². The van der Waals surface area contributed by atoms with Gasteiger partial charge in [0.05, 0.1) is 27.6 Å². The molecule has 13 aromatic rings. The molecule has 0 radical (unpaired) electrons. The minimum Gasteiger partial charge on any atom is -0.310 e. The van der Waals surface area contributed by atoms with Crippen LogP contribution in [0.5, 0.6) is 0 Å². The molecule has 12 aromatic carbocycles. The summed E-state index contributed by atoms with van der Waals surface area (Å²) < 4.78 is 2.53. The first-order valence-corrected chi connectivity index (χ1v) is 26.6. The van der Waals surface area contributed by atoms with Crippen LogP contribution in [0.15, 0.2) is 279 Å². The Kier molecular flexibility index (Phi) is 8.44. The maximum absolute atomic E-state index is 2.53. The molecule has 0 saturated carbocycles. The van der Waals surface area contributed by atoms with Gasteiger partial charge in [-0.2, -0.15) is 0 Å². The molecule has 2 heterocycles. The number of hydrogen-bond acceptors (Lipinski definition) is 1. The molecule has 0 amide bonds. The molecule has 0 bridgehead atoms. The Morgan fingerprint density at radius 3 is 1.37 bits per heavy atom. The molecule has 4 aliphatic rings. The monoisotopic (exact) mass is 962 g/mol. The van der Waals surface area contributed by atoms with Gasteiger partial charge in [0.1, 0.15) is 0 Å². The highest BCUT2D eigenvalue weighted by Gasteiger charge is 2.53. The zero-order chi connectivity index (χ0) is 49.7. The van der Waals surface area contributed by atoms with Gasteiger partial charge in [0.15, 0.2) is 0 Å². The van der Waals surface area contributed by atoms with Crippen molar-refractivity contribution in [2.45, 2.75) is 10.8 Å². The molecule has 17 rings (SSSR count). The van der Waals surface area contributed by atoms with Gasteiger partial charge in [0, 0.05) is 27.8 Å². The molecular weight excluding hydrogens is 917 g/mol. The SMILES string of the molecule is c1ccc(-c2cccc(N(c3ccc(-c4ccc5c(c4)C4(c6ccccc6-c6ccccc64)c4ccccc4-5)cc3)c3ccc4c(c3)C3(c5ccccc5-4)c4ccccc4-n4c5ccccc5c5cccc3c54)c2)cc1. The van der Waals surface area contributed by atoms with Crippen LogP contribution in [0.1, 0.15) is 44.5 Å². The van der Waals surface area contributed by atoms with Crippen LogP contribution >= 0.6 is 0 Å². The molecule has 76 heavy (non-hydrogen) atoms. The van der Waals surface area contributed by atoms with Crippen LogP contribution in [0, 0.1) is 0 Å². The van der Waals surface area contributed by atoms with Gasteiger partial charge in [-0.1, -0.05) is 224 Å². The van der Waals surface area contributed by atoms with Gasteiger partial charge in [0.25, 0.3) is 0 Å². The third-order valence-corrected chi connectivity index (χ3v) is 17.6. The number of rotatable bonds is 5. The van der Waals surface area contributed by atoms with Gasteiger partial charge >= 0.3 is 0 Å². The fourth-order valence-electron chi connectivity index (χ4n) is 14.7. The van der Waals surface area contributed by atoms with Crippen molar-refractivity contribution in [2.75, 3.05) is 4.90 Å². The zero-order valence-electron chi connectivity index (χ0n) is 41.5. The summed E-state index contributed by atoms with van der Waals surface area (Å²) in [6, 6.07) is 105. The van der Waals surface area contributed by atoms with Gasteiger partial charge in [-0.3, -0.25) is 0 Å². The maximum Gasteiger partial charge on any atom is 0.0755 e. The topological polar surface area (TPSA) is 8.17 Å². The highest BCUT2D eigenvalue weighted by Crippen LogP contribution is 2.64. The van der Waals surface area contributed by atoms with Crippen LogP contribution < -0.4 is 4.90 Å². The van der Waals surface area contributed by atoms with E-state index in [1.165, 1.54) is 128 Å². The fraction of sp³-hybridized carbons (Fsp3) is 0.0270. The Morgan fingerprint density at radius 2 is 0.684 bits per heavy atom. The number of aromatic nitrogens is 1. The van der Waals surface area contributed by atoms with Gasteiger partial charge < -0.3 is 9.47 Å². The van der Waals surface area contributed by atoms with Gasteiger partial charge in [-0.05, 0) is 155 Å². The lowest BCUT2D eigenvalue weighted by Crippen LogP contribution is -2.33. The highest BCUT2D eigenvalue weighted by molar-refractivity contribution is 6.13. The van der Waals surface area contributed by atoms with E-state index in [0.29, 0.717) is 0 Å². The van der Waals surface area contributed by atoms with E-state index in [1.807, 2.05) is 0 Å². The smallest absolute Gasteiger partial charge is 0.0755 e. The number of hydrogen-bond donors (Lipinski definition) is 0. The quantitative estimate of drug-likeness (QED) is 0.167. The molecular formula is C74H46N2. The molecule has 0 N–H and O–H groups in total. The zero-order valence-corrected chi connectivity index (χ0v) is 41.5. The van der Waals surface area contributed by atoms with E-state index in [9.17, 15) is 0 Å². The van der Waals surface area contributed by atoms with E-state index in [0.717, 1.165) is 17.1 Å². The summed E-state index contributed by atoms with van der Waals surface area (Å²) in [6.45, 7) is 0. The first kappa shape index (κ1) is 41.7. The van der Waals surface area contributed by atoms with Crippen LogP contribution in [0.3, 0.4) is 0 Å².